The van der Waals surface area contributed by atoms with Crippen LogP contribution in [-0.4, -0.2) is 36.6 Å². The first kappa shape index (κ1) is 17.1. The maximum atomic E-state index is 13.0. The van der Waals surface area contributed by atoms with Gasteiger partial charge < -0.3 is 10.2 Å². The van der Waals surface area contributed by atoms with Gasteiger partial charge in [-0.05, 0) is 37.1 Å². The third-order valence-electron chi connectivity index (χ3n) is 2.67. The number of sulfonamides is 1. The minimum absolute atomic E-state index is 0.116. The van der Waals surface area contributed by atoms with E-state index >= 15 is 0 Å². The third kappa shape index (κ3) is 4.80. The molecule has 0 aliphatic carbocycles. The fraction of sp³-hybridized carbons (Fsp3) is 0.333. The standard InChI is InChI=1S/C12H14FNO6S/c1-7-6-8(13)2-4-10(7)21(19,20)14-9(12(17)18)3-5-11(15)16/h2,4,6,9,14H,3,5H2,1H3,(H,15,16)(H,17,18). The zero-order valence-corrected chi connectivity index (χ0v) is 11.9. The van der Waals surface area contributed by atoms with Gasteiger partial charge in [-0.2, -0.15) is 4.72 Å². The Morgan fingerprint density at radius 2 is 1.95 bits per heavy atom. The van der Waals surface area contributed by atoms with Crippen molar-refractivity contribution in [2.24, 2.45) is 0 Å². The van der Waals surface area contributed by atoms with E-state index < -0.39 is 46.7 Å². The normalized spacial score (nSPS) is 12.9. The number of aryl methyl sites for hydroxylation is 1. The van der Waals surface area contributed by atoms with Crippen LogP contribution < -0.4 is 4.72 Å². The number of carboxylic acids is 2. The molecule has 0 amide bonds. The number of benzene rings is 1. The highest BCUT2D eigenvalue weighted by atomic mass is 32.2. The van der Waals surface area contributed by atoms with Gasteiger partial charge in [0, 0.05) is 6.42 Å². The smallest absolute Gasteiger partial charge is 0.321 e. The first-order valence-corrected chi connectivity index (χ1v) is 7.35. The fourth-order valence-corrected chi connectivity index (χ4v) is 3.12. The molecule has 1 rings (SSSR count). The van der Waals surface area contributed by atoms with Crippen LogP contribution in [0.1, 0.15) is 18.4 Å². The summed E-state index contributed by atoms with van der Waals surface area (Å²) in [6.07, 6.45) is -0.897. The van der Waals surface area contributed by atoms with Gasteiger partial charge in [0.05, 0.1) is 4.90 Å². The predicted molar refractivity (Wildman–Crippen MR) is 69.8 cm³/mol. The maximum absolute atomic E-state index is 13.0. The number of aliphatic carboxylic acids is 2. The van der Waals surface area contributed by atoms with Gasteiger partial charge in [0.2, 0.25) is 10.0 Å². The Bertz CT molecular complexity index is 658. The van der Waals surface area contributed by atoms with Crippen LogP contribution in [0.15, 0.2) is 23.1 Å². The van der Waals surface area contributed by atoms with E-state index in [9.17, 15) is 22.4 Å². The Morgan fingerprint density at radius 3 is 2.43 bits per heavy atom. The van der Waals surface area contributed by atoms with Crippen LogP contribution in [0.4, 0.5) is 4.39 Å². The average Bonchev–Trinajstić information content (AvgIpc) is 2.33. The molecule has 0 fully saturated rings. The summed E-state index contributed by atoms with van der Waals surface area (Å²) in [4.78, 5) is 21.2. The number of rotatable bonds is 7. The van der Waals surface area contributed by atoms with Gasteiger partial charge in [0.25, 0.3) is 0 Å². The van der Waals surface area contributed by atoms with Crippen LogP contribution in [0.3, 0.4) is 0 Å². The lowest BCUT2D eigenvalue weighted by molar-refractivity contribution is -0.140. The first-order valence-electron chi connectivity index (χ1n) is 5.86. The van der Waals surface area contributed by atoms with Gasteiger partial charge in [-0.1, -0.05) is 0 Å². The van der Waals surface area contributed by atoms with Gasteiger partial charge in [-0.25, -0.2) is 12.8 Å². The fourth-order valence-electron chi connectivity index (χ4n) is 1.67. The Balaban J connectivity index is 3.00. The summed E-state index contributed by atoms with van der Waals surface area (Å²) in [5.74, 6) is -3.34. The van der Waals surface area contributed by atoms with Crippen molar-refractivity contribution in [1.82, 2.24) is 4.72 Å². The monoisotopic (exact) mass is 319 g/mol. The highest BCUT2D eigenvalue weighted by molar-refractivity contribution is 7.89. The van der Waals surface area contributed by atoms with Crippen molar-refractivity contribution in [3.05, 3.63) is 29.6 Å². The SMILES string of the molecule is Cc1cc(F)ccc1S(=O)(=O)NC(CCC(=O)O)C(=O)O. The molecule has 0 aliphatic heterocycles. The van der Waals surface area contributed by atoms with Gasteiger partial charge in [-0.3, -0.25) is 9.59 Å². The molecule has 0 saturated heterocycles. The molecular weight excluding hydrogens is 305 g/mol. The molecular formula is C12H14FNO6S. The van der Waals surface area contributed by atoms with E-state index in [1.54, 1.807) is 0 Å². The quantitative estimate of drug-likeness (QED) is 0.681. The van der Waals surface area contributed by atoms with Crippen molar-refractivity contribution in [1.29, 1.82) is 0 Å². The Kier molecular flexibility index (Phi) is 5.39. The van der Waals surface area contributed by atoms with E-state index in [0.717, 1.165) is 18.2 Å². The lowest BCUT2D eigenvalue weighted by Crippen LogP contribution is -2.41. The zero-order valence-electron chi connectivity index (χ0n) is 11.0. The molecule has 0 aromatic heterocycles. The number of hydrogen-bond acceptors (Lipinski definition) is 4. The minimum Gasteiger partial charge on any atom is -0.481 e. The summed E-state index contributed by atoms with van der Waals surface area (Å²) in [5.41, 5.74) is 0.116. The molecule has 1 aromatic carbocycles. The summed E-state index contributed by atoms with van der Waals surface area (Å²) in [7, 11) is -4.19. The van der Waals surface area contributed by atoms with Crippen LogP contribution in [0, 0.1) is 12.7 Å². The minimum atomic E-state index is -4.19. The van der Waals surface area contributed by atoms with Crippen molar-refractivity contribution >= 4 is 22.0 Å². The topological polar surface area (TPSA) is 121 Å². The van der Waals surface area contributed by atoms with E-state index in [1.165, 1.54) is 6.92 Å². The second kappa shape index (κ2) is 6.64. The molecule has 7 nitrogen and oxygen atoms in total. The molecule has 21 heavy (non-hydrogen) atoms. The number of carboxylic acid groups (broad SMARTS) is 2. The number of hydrogen-bond donors (Lipinski definition) is 3. The molecule has 116 valence electrons. The molecule has 0 radical (unpaired) electrons. The van der Waals surface area contributed by atoms with E-state index in [2.05, 4.69) is 0 Å². The molecule has 1 aromatic rings. The second-order valence-corrected chi connectivity index (χ2v) is 6.04. The van der Waals surface area contributed by atoms with Crippen molar-refractivity contribution in [2.75, 3.05) is 0 Å². The summed E-state index contributed by atoms with van der Waals surface area (Å²) in [6.45, 7) is 1.37. The van der Waals surface area contributed by atoms with E-state index in [4.69, 9.17) is 10.2 Å². The Labute approximate surface area is 120 Å². The van der Waals surface area contributed by atoms with Crippen molar-refractivity contribution < 1.29 is 32.6 Å². The molecule has 3 N–H and O–H groups in total. The van der Waals surface area contributed by atoms with Crippen molar-refractivity contribution in [2.45, 2.75) is 30.7 Å². The lowest BCUT2D eigenvalue weighted by atomic mass is 10.2. The maximum Gasteiger partial charge on any atom is 0.321 e. The molecule has 0 heterocycles. The molecule has 1 atom stereocenters. The molecule has 0 spiro atoms. The van der Waals surface area contributed by atoms with Gasteiger partial charge >= 0.3 is 11.9 Å². The number of carbonyl (C=O) groups is 2. The van der Waals surface area contributed by atoms with E-state index in [-0.39, 0.29) is 10.5 Å². The predicted octanol–water partition coefficient (Wildman–Crippen LogP) is 0.730. The van der Waals surface area contributed by atoms with Gasteiger partial charge in [-0.15, -0.1) is 0 Å². The summed E-state index contributed by atoms with van der Waals surface area (Å²) in [5, 5.41) is 17.5. The highest BCUT2D eigenvalue weighted by Gasteiger charge is 2.27. The summed E-state index contributed by atoms with van der Waals surface area (Å²) >= 11 is 0. The number of halogens is 1. The second-order valence-electron chi connectivity index (χ2n) is 4.35. The summed E-state index contributed by atoms with van der Waals surface area (Å²) in [6, 6.07) is 1.38. The van der Waals surface area contributed by atoms with Crippen LogP contribution in [0.2, 0.25) is 0 Å². The Morgan fingerprint density at radius 1 is 1.33 bits per heavy atom. The first-order chi connectivity index (χ1) is 9.63. The molecule has 1 unspecified atom stereocenters. The van der Waals surface area contributed by atoms with Gasteiger partial charge in [0.15, 0.2) is 0 Å². The van der Waals surface area contributed by atoms with Crippen LogP contribution >= 0.6 is 0 Å². The van der Waals surface area contributed by atoms with Crippen molar-refractivity contribution in [3.63, 3.8) is 0 Å². The molecule has 0 bridgehead atoms. The number of nitrogens with one attached hydrogen (secondary N) is 1. The molecule has 9 heteroatoms. The summed E-state index contributed by atoms with van der Waals surface area (Å²) < 4.78 is 39.0. The van der Waals surface area contributed by atoms with Crippen LogP contribution in [0.25, 0.3) is 0 Å². The third-order valence-corrected chi connectivity index (χ3v) is 4.30. The van der Waals surface area contributed by atoms with Gasteiger partial charge in [0.1, 0.15) is 11.9 Å². The van der Waals surface area contributed by atoms with Crippen LogP contribution in [0.5, 0.6) is 0 Å². The van der Waals surface area contributed by atoms with E-state index in [0.29, 0.717) is 0 Å². The van der Waals surface area contributed by atoms with Crippen LogP contribution in [-0.2, 0) is 19.6 Å². The average molecular weight is 319 g/mol. The van der Waals surface area contributed by atoms with Crippen molar-refractivity contribution in [3.8, 4) is 0 Å². The highest BCUT2D eigenvalue weighted by Crippen LogP contribution is 2.17. The molecule has 0 saturated carbocycles. The Hall–Kier alpha value is -2.00. The molecule has 0 aliphatic rings. The zero-order chi connectivity index (χ0) is 16.2. The lowest BCUT2D eigenvalue weighted by Gasteiger charge is -2.15. The largest absolute Gasteiger partial charge is 0.481 e. The van der Waals surface area contributed by atoms with E-state index in [1.807, 2.05) is 4.72 Å².